The van der Waals surface area contributed by atoms with Gasteiger partial charge in [0.25, 0.3) is 0 Å². The molecule has 0 spiro atoms. The van der Waals surface area contributed by atoms with E-state index in [0.29, 0.717) is 0 Å². The summed E-state index contributed by atoms with van der Waals surface area (Å²) in [5.74, 6) is 0.735. The Hall–Kier alpha value is -1.12. The smallest absolute Gasteiger partial charge is 0.222 e. The monoisotopic (exact) mass is 191 g/mol. The Morgan fingerprint density at radius 2 is 2.21 bits per heavy atom. The lowest BCUT2D eigenvalue weighted by molar-refractivity contribution is 0.417. The van der Waals surface area contributed by atoms with E-state index in [0.717, 1.165) is 12.4 Å². The largest absolute Gasteiger partial charge is 0.357 e. The van der Waals surface area contributed by atoms with Gasteiger partial charge in [0.2, 0.25) is 5.95 Å². The number of rotatable bonds is 1. The maximum Gasteiger partial charge on any atom is 0.222 e. The summed E-state index contributed by atoms with van der Waals surface area (Å²) in [5, 5.41) is 2.99. The molecule has 76 valence electrons. The molecule has 2 rings (SSSR count). The van der Waals surface area contributed by atoms with Gasteiger partial charge in [-0.2, -0.15) is 0 Å². The van der Waals surface area contributed by atoms with E-state index >= 15 is 0 Å². The zero-order chi connectivity index (χ0) is 10.2. The molecule has 1 aliphatic rings. The van der Waals surface area contributed by atoms with Crippen molar-refractivity contribution < 1.29 is 0 Å². The van der Waals surface area contributed by atoms with Gasteiger partial charge >= 0.3 is 0 Å². The molecule has 0 saturated heterocycles. The van der Waals surface area contributed by atoms with Gasteiger partial charge in [0.1, 0.15) is 0 Å². The predicted molar refractivity (Wildman–Crippen MR) is 57.5 cm³/mol. The third kappa shape index (κ3) is 1.47. The zero-order valence-electron chi connectivity index (χ0n) is 9.09. The molecule has 0 amide bonds. The molecule has 1 heterocycles. The molecule has 3 nitrogen and oxygen atoms in total. The maximum absolute atomic E-state index is 4.56. The van der Waals surface area contributed by atoms with Crippen LogP contribution < -0.4 is 5.32 Å². The normalized spacial score (nSPS) is 18.8. The third-order valence-corrected chi connectivity index (χ3v) is 2.98. The van der Waals surface area contributed by atoms with Gasteiger partial charge < -0.3 is 5.32 Å². The van der Waals surface area contributed by atoms with E-state index in [1.165, 1.54) is 24.1 Å². The number of anilines is 1. The standard InChI is InChI=1S/C11H17N3/c1-11(2)6-4-5-8-7-13-10(12-3)14-9(8)11/h7H,4-6H2,1-3H3,(H,12,13,14). The minimum absolute atomic E-state index is 0.210. The number of hydrogen-bond donors (Lipinski definition) is 1. The van der Waals surface area contributed by atoms with Crippen molar-refractivity contribution in [2.45, 2.75) is 38.5 Å². The van der Waals surface area contributed by atoms with E-state index in [4.69, 9.17) is 0 Å². The molecule has 3 heteroatoms. The lowest BCUT2D eigenvalue weighted by atomic mass is 9.76. The Labute approximate surface area is 85.0 Å². The first-order valence-corrected chi connectivity index (χ1v) is 5.17. The van der Waals surface area contributed by atoms with Gasteiger partial charge in [-0.3, -0.25) is 0 Å². The van der Waals surface area contributed by atoms with Crippen molar-refractivity contribution in [1.82, 2.24) is 9.97 Å². The Kier molecular flexibility index (Phi) is 2.17. The Balaban J connectivity index is 2.49. The van der Waals surface area contributed by atoms with Gasteiger partial charge in [-0.15, -0.1) is 0 Å². The predicted octanol–water partition coefficient (Wildman–Crippen LogP) is 2.13. The van der Waals surface area contributed by atoms with E-state index in [2.05, 4.69) is 29.1 Å². The Bertz CT molecular complexity index is 344. The van der Waals surface area contributed by atoms with Gasteiger partial charge in [-0.05, 0) is 24.8 Å². The van der Waals surface area contributed by atoms with Crippen LogP contribution in [0.5, 0.6) is 0 Å². The summed E-state index contributed by atoms with van der Waals surface area (Å²) in [6.45, 7) is 4.52. The van der Waals surface area contributed by atoms with Crippen molar-refractivity contribution >= 4 is 5.95 Å². The lowest BCUT2D eigenvalue weighted by Gasteiger charge is -2.30. The van der Waals surface area contributed by atoms with E-state index in [9.17, 15) is 0 Å². The molecular weight excluding hydrogens is 174 g/mol. The fourth-order valence-electron chi connectivity index (χ4n) is 2.14. The number of fused-ring (bicyclic) bond motifs is 1. The summed E-state index contributed by atoms with van der Waals surface area (Å²) >= 11 is 0. The van der Waals surface area contributed by atoms with Crippen LogP contribution in [0.3, 0.4) is 0 Å². The molecule has 0 aromatic carbocycles. The van der Waals surface area contributed by atoms with Gasteiger partial charge in [0.05, 0.1) is 5.69 Å². The number of nitrogens with one attached hydrogen (secondary N) is 1. The number of hydrogen-bond acceptors (Lipinski definition) is 3. The average Bonchev–Trinajstić information content (AvgIpc) is 2.17. The molecule has 0 saturated carbocycles. The summed E-state index contributed by atoms with van der Waals surface area (Å²) in [4.78, 5) is 8.82. The van der Waals surface area contributed by atoms with Gasteiger partial charge in [-0.1, -0.05) is 13.8 Å². The molecule has 0 radical (unpaired) electrons. The van der Waals surface area contributed by atoms with Crippen molar-refractivity contribution in [2.24, 2.45) is 0 Å². The molecule has 1 aromatic rings. The van der Waals surface area contributed by atoms with E-state index in [-0.39, 0.29) is 5.41 Å². The molecule has 14 heavy (non-hydrogen) atoms. The van der Waals surface area contributed by atoms with Crippen molar-refractivity contribution in [1.29, 1.82) is 0 Å². The highest BCUT2D eigenvalue weighted by molar-refractivity contribution is 5.34. The van der Waals surface area contributed by atoms with E-state index in [1.54, 1.807) is 0 Å². The summed E-state index contributed by atoms with van der Waals surface area (Å²) < 4.78 is 0. The first-order chi connectivity index (χ1) is 6.63. The van der Waals surface area contributed by atoms with Crippen LogP contribution in [-0.4, -0.2) is 17.0 Å². The van der Waals surface area contributed by atoms with Crippen molar-refractivity contribution in [3.63, 3.8) is 0 Å². The van der Waals surface area contributed by atoms with Crippen LogP contribution in [0.1, 0.15) is 37.9 Å². The first kappa shape index (κ1) is 9.44. The minimum Gasteiger partial charge on any atom is -0.357 e. The second-order valence-corrected chi connectivity index (χ2v) is 4.55. The highest BCUT2D eigenvalue weighted by Crippen LogP contribution is 2.35. The number of aryl methyl sites for hydroxylation is 1. The molecular formula is C11H17N3. The molecule has 0 atom stereocenters. The number of aromatic nitrogens is 2. The highest BCUT2D eigenvalue weighted by Gasteiger charge is 2.29. The summed E-state index contributed by atoms with van der Waals surface area (Å²) in [6.07, 6.45) is 5.57. The molecule has 0 bridgehead atoms. The van der Waals surface area contributed by atoms with Crippen LogP contribution in [0.2, 0.25) is 0 Å². The van der Waals surface area contributed by atoms with Gasteiger partial charge in [0.15, 0.2) is 0 Å². The van der Waals surface area contributed by atoms with Crippen LogP contribution in [0.15, 0.2) is 6.20 Å². The topological polar surface area (TPSA) is 37.8 Å². The highest BCUT2D eigenvalue weighted by atomic mass is 15.1. The van der Waals surface area contributed by atoms with Gasteiger partial charge in [0, 0.05) is 18.7 Å². The second-order valence-electron chi connectivity index (χ2n) is 4.55. The SMILES string of the molecule is CNc1ncc2c(n1)C(C)(C)CCC2. The second kappa shape index (κ2) is 3.23. The fourth-order valence-corrected chi connectivity index (χ4v) is 2.14. The van der Waals surface area contributed by atoms with Crippen molar-refractivity contribution in [3.05, 3.63) is 17.5 Å². The van der Waals surface area contributed by atoms with E-state index < -0.39 is 0 Å². The number of nitrogens with zero attached hydrogens (tertiary/aromatic N) is 2. The molecule has 1 aliphatic carbocycles. The molecule has 0 unspecified atom stereocenters. The van der Waals surface area contributed by atoms with Crippen LogP contribution in [0.25, 0.3) is 0 Å². The molecule has 1 aromatic heterocycles. The van der Waals surface area contributed by atoms with Crippen LogP contribution in [0.4, 0.5) is 5.95 Å². The third-order valence-electron chi connectivity index (χ3n) is 2.98. The van der Waals surface area contributed by atoms with Crippen molar-refractivity contribution in [2.75, 3.05) is 12.4 Å². The van der Waals surface area contributed by atoms with Gasteiger partial charge in [-0.25, -0.2) is 9.97 Å². The van der Waals surface area contributed by atoms with Crippen molar-refractivity contribution in [3.8, 4) is 0 Å². The fraction of sp³-hybridized carbons (Fsp3) is 0.636. The Morgan fingerprint density at radius 1 is 1.43 bits per heavy atom. The lowest BCUT2D eigenvalue weighted by Crippen LogP contribution is -2.26. The molecule has 1 N–H and O–H groups in total. The van der Waals surface area contributed by atoms with Crippen LogP contribution >= 0.6 is 0 Å². The average molecular weight is 191 g/mol. The molecule has 0 fully saturated rings. The quantitative estimate of drug-likeness (QED) is 0.739. The van der Waals surface area contributed by atoms with Crippen LogP contribution in [0, 0.1) is 0 Å². The summed E-state index contributed by atoms with van der Waals surface area (Å²) in [6, 6.07) is 0. The zero-order valence-corrected chi connectivity index (χ0v) is 9.09. The summed E-state index contributed by atoms with van der Waals surface area (Å²) in [5.41, 5.74) is 2.76. The van der Waals surface area contributed by atoms with Crippen LogP contribution in [-0.2, 0) is 11.8 Å². The minimum atomic E-state index is 0.210. The van der Waals surface area contributed by atoms with E-state index in [1.807, 2.05) is 13.2 Å². The molecule has 0 aliphatic heterocycles. The maximum atomic E-state index is 4.56. The first-order valence-electron chi connectivity index (χ1n) is 5.17. The Morgan fingerprint density at radius 3 is 2.93 bits per heavy atom. The summed E-state index contributed by atoms with van der Waals surface area (Å²) in [7, 11) is 1.86.